The Morgan fingerprint density at radius 1 is 1.20 bits per heavy atom. The molecule has 2 heterocycles. The molecule has 0 bridgehead atoms. The van der Waals surface area contributed by atoms with Crippen LogP contribution in [-0.2, 0) is 13.0 Å². The van der Waals surface area contributed by atoms with Gasteiger partial charge in [-0.2, -0.15) is 0 Å². The van der Waals surface area contributed by atoms with Crippen LogP contribution in [0.5, 0.6) is 0 Å². The van der Waals surface area contributed by atoms with E-state index < -0.39 is 0 Å². The molecule has 0 amide bonds. The standard InChI is InChI=1S/C15H14FN3S/c1-2-12-7-13-14(18-9-19-15(13)20-12)17-8-10-3-5-11(16)6-4-10/h3-7,9H,2,8H2,1H3,(H,17,18,19). The van der Waals surface area contributed by atoms with E-state index in [-0.39, 0.29) is 5.82 Å². The fraction of sp³-hybridized carbons (Fsp3) is 0.200. The van der Waals surface area contributed by atoms with E-state index in [0.717, 1.165) is 28.0 Å². The van der Waals surface area contributed by atoms with Crippen molar-refractivity contribution in [2.24, 2.45) is 0 Å². The highest BCUT2D eigenvalue weighted by atomic mass is 32.1. The van der Waals surface area contributed by atoms with Gasteiger partial charge >= 0.3 is 0 Å². The summed E-state index contributed by atoms with van der Waals surface area (Å²) in [5.41, 5.74) is 1.02. The van der Waals surface area contributed by atoms with E-state index in [1.54, 1.807) is 29.8 Å². The maximum atomic E-state index is 12.9. The number of aryl methyl sites for hydroxylation is 1. The van der Waals surface area contributed by atoms with Gasteiger partial charge in [0.25, 0.3) is 0 Å². The molecule has 1 aromatic carbocycles. The van der Waals surface area contributed by atoms with Gasteiger partial charge in [-0.1, -0.05) is 19.1 Å². The van der Waals surface area contributed by atoms with Gasteiger partial charge in [0.05, 0.1) is 5.39 Å². The Morgan fingerprint density at radius 2 is 2.00 bits per heavy atom. The third kappa shape index (κ3) is 2.63. The van der Waals surface area contributed by atoms with Crippen molar-refractivity contribution < 1.29 is 4.39 Å². The largest absolute Gasteiger partial charge is 0.365 e. The first kappa shape index (κ1) is 13.0. The third-order valence-corrected chi connectivity index (χ3v) is 4.29. The van der Waals surface area contributed by atoms with Crippen molar-refractivity contribution in [3.05, 3.63) is 52.9 Å². The van der Waals surface area contributed by atoms with E-state index in [1.165, 1.54) is 17.0 Å². The van der Waals surface area contributed by atoms with E-state index in [2.05, 4.69) is 28.3 Å². The Kier molecular flexibility index (Phi) is 3.60. The molecule has 0 atom stereocenters. The van der Waals surface area contributed by atoms with Crippen LogP contribution in [0.1, 0.15) is 17.4 Å². The van der Waals surface area contributed by atoms with E-state index in [4.69, 9.17) is 0 Å². The van der Waals surface area contributed by atoms with Crippen LogP contribution in [0, 0.1) is 5.82 Å². The van der Waals surface area contributed by atoms with Crippen molar-refractivity contribution in [2.45, 2.75) is 19.9 Å². The third-order valence-electron chi connectivity index (χ3n) is 3.10. The summed E-state index contributed by atoms with van der Waals surface area (Å²) in [6.07, 6.45) is 2.57. The Morgan fingerprint density at radius 3 is 2.75 bits per heavy atom. The summed E-state index contributed by atoms with van der Waals surface area (Å²) in [6, 6.07) is 8.60. The van der Waals surface area contributed by atoms with E-state index >= 15 is 0 Å². The van der Waals surface area contributed by atoms with Gasteiger partial charge in [0.1, 0.15) is 22.8 Å². The Hall–Kier alpha value is -2.01. The predicted octanol–water partition coefficient (Wildman–Crippen LogP) is 4.00. The molecule has 5 heteroatoms. The topological polar surface area (TPSA) is 37.8 Å². The van der Waals surface area contributed by atoms with Crippen molar-refractivity contribution in [3.63, 3.8) is 0 Å². The number of hydrogen-bond acceptors (Lipinski definition) is 4. The minimum absolute atomic E-state index is 0.219. The molecular weight excluding hydrogens is 273 g/mol. The molecule has 3 nitrogen and oxygen atoms in total. The molecule has 0 saturated carbocycles. The fourth-order valence-electron chi connectivity index (χ4n) is 2.01. The molecule has 0 unspecified atom stereocenters. The van der Waals surface area contributed by atoms with Crippen LogP contribution in [-0.4, -0.2) is 9.97 Å². The molecule has 1 N–H and O–H groups in total. The van der Waals surface area contributed by atoms with Crippen molar-refractivity contribution >= 4 is 27.4 Å². The molecular formula is C15H14FN3S. The summed E-state index contributed by atoms with van der Waals surface area (Å²) < 4.78 is 12.9. The zero-order valence-electron chi connectivity index (χ0n) is 11.1. The van der Waals surface area contributed by atoms with Gasteiger partial charge < -0.3 is 5.32 Å². The number of thiophene rings is 1. The van der Waals surface area contributed by atoms with Crippen LogP contribution in [0.25, 0.3) is 10.2 Å². The Labute approximate surface area is 120 Å². The van der Waals surface area contributed by atoms with E-state index in [1.807, 2.05) is 0 Å². The Bertz CT molecular complexity index is 722. The van der Waals surface area contributed by atoms with Crippen LogP contribution in [0.15, 0.2) is 36.7 Å². The average molecular weight is 287 g/mol. The monoisotopic (exact) mass is 287 g/mol. The lowest BCUT2D eigenvalue weighted by atomic mass is 10.2. The van der Waals surface area contributed by atoms with Crippen molar-refractivity contribution in [2.75, 3.05) is 5.32 Å². The van der Waals surface area contributed by atoms with Crippen molar-refractivity contribution in [1.29, 1.82) is 0 Å². The van der Waals surface area contributed by atoms with Gasteiger partial charge in [-0.3, -0.25) is 0 Å². The first-order valence-corrected chi connectivity index (χ1v) is 7.29. The normalized spacial score (nSPS) is 10.9. The first-order valence-electron chi connectivity index (χ1n) is 6.48. The zero-order chi connectivity index (χ0) is 13.9. The number of halogens is 1. The molecule has 0 saturated heterocycles. The SMILES string of the molecule is CCc1cc2c(NCc3ccc(F)cc3)ncnc2s1. The predicted molar refractivity (Wildman–Crippen MR) is 80.5 cm³/mol. The summed E-state index contributed by atoms with van der Waals surface area (Å²) in [6.45, 7) is 2.74. The minimum Gasteiger partial charge on any atom is -0.365 e. The van der Waals surface area contributed by atoms with Gasteiger partial charge in [0, 0.05) is 11.4 Å². The van der Waals surface area contributed by atoms with Gasteiger partial charge in [0.2, 0.25) is 0 Å². The summed E-state index contributed by atoms with van der Waals surface area (Å²) in [5, 5.41) is 4.35. The summed E-state index contributed by atoms with van der Waals surface area (Å²) in [7, 11) is 0. The molecule has 3 rings (SSSR count). The summed E-state index contributed by atoms with van der Waals surface area (Å²) in [4.78, 5) is 10.9. The summed E-state index contributed by atoms with van der Waals surface area (Å²) >= 11 is 1.69. The first-order chi connectivity index (χ1) is 9.76. The van der Waals surface area contributed by atoms with Crippen LogP contribution >= 0.6 is 11.3 Å². The molecule has 0 radical (unpaired) electrons. The second-order valence-corrected chi connectivity index (χ2v) is 5.60. The molecule has 0 spiro atoms. The number of rotatable bonds is 4. The minimum atomic E-state index is -0.219. The number of aromatic nitrogens is 2. The lowest BCUT2D eigenvalue weighted by Crippen LogP contribution is -2.01. The van der Waals surface area contributed by atoms with Crippen LogP contribution in [0.4, 0.5) is 10.2 Å². The molecule has 20 heavy (non-hydrogen) atoms. The zero-order valence-corrected chi connectivity index (χ0v) is 11.9. The molecule has 2 aromatic heterocycles. The number of anilines is 1. The van der Waals surface area contributed by atoms with E-state index in [9.17, 15) is 4.39 Å². The van der Waals surface area contributed by atoms with Crippen LogP contribution in [0.2, 0.25) is 0 Å². The second-order valence-electron chi connectivity index (χ2n) is 4.49. The molecule has 0 aliphatic rings. The summed E-state index contributed by atoms with van der Waals surface area (Å²) in [5.74, 6) is 0.610. The number of nitrogens with zero attached hydrogens (tertiary/aromatic N) is 2. The molecule has 102 valence electrons. The van der Waals surface area contributed by atoms with Crippen molar-refractivity contribution in [3.8, 4) is 0 Å². The maximum Gasteiger partial charge on any atom is 0.138 e. The molecule has 0 aliphatic carbocycles. The fourth-order valence-corrected chi connectivity index (χ4v) is 2.94. The van der Waals surface area contributed by atoms with Crippen LogP contribution < -0.4 is 5.32 Å². The van der Waals surface area contributed by atoms with Gasteiger partial charge in [-0.05, 0) is 30.2 Å². The molecule has 3 aromatic rings. The quantitative estimate of drug-likeness (QED) is 0.788. The number of hydrogen-bond donors (Lipinski definition) is 1. The van der Waals surface area contributed by atoms with Gasteiger partial charge in [-0.25, -0.2) is 14.4 Å². The van der Waals surface area contributed by atoms with Gasteiger partial charge in [-0.15, -0.1) is 11.3 Å². The van der Waals surface area contributed by atoms with Crippen molar-refractivity contribution in [1.82, 2.24) is 9.97 Å². The average Bonchev–Trinajstić information content (AvgIpc) is 2.90. The van der Waals surface area contributed by atoms with E-state index in [0.29, 0.717) is 6.54 Å². The molecule has 0 fully saturated rings. The number of nitrogens with one attached hydrogen (secondary N) is 1. The molecule has 0 aliphatic heterocycles. The number of benzene rings is 1. The highest BCUT2D eigenvalue weighted by molar-refractivity contribution is 7.18. The highest BCUT2D eigenvalue weighted by Gasteiger charge is 2.07. The smallest absolute Gasteiger partial charge is 0.138 e. The number of fused-ring (bicyclic) bond motifs is 1. The lowest BCUT2D eigenvalue weighted by Gasteiger charge is -2.06. The Balaban J connectivity index is 1.83. The second kappa shape index (κ2) is 5.54. The van der Waals surface area contributed by atoms with Crippen LogP contribution in [0.3, 0.4) is 0 Å². The maximum absolute atomic E-state index is 12.9. The van der Waals surface area contributed by atoms with Gasteiger partial charge in [0.15, 0.2) is 0 Å². The highest BCUT2D eigenvalue weighted by Crippen LogP contribution is 2.28. The lowest BCUT2D eigenvalue weighted by molar-refractivity contribution is 0.627.